The molecule has 0 aliphatic carbocycles. The van der Waals surface area contributed by atoms with E-state index in [9.17, 15) is 4.79 Å². The van der Waals surface area contributed by atoms with E-state index in [2.05, 4.69) is 41.4 Å². The van der Waals surface area contributed by atoms with Gasteiger partial charge in [-0.05, 0) is 34.6 Å². The van der Waals surface area contributed by atoms with E-state index in [1.54, 1.807) is 0 Å². The summed E-state index contributed by atoms with van der Waals surface area (Å²) >= 11 is 0. The molecule has 6 nitrogen and oxygen atoms in total. The van der Waals surface area contributed by atoms with Crippen molar-refractivity contribution in [2.75, 3.05) is 24.5 Å². The standard InChI is InChI=1S/C15H27N5O/c1-6-16-13(21)11-20(7-2)14-17-8-12(9-18-14)10-19-15(3,4)5/h8-9,19H,6-7,10-11H2,1-5H3,(H,16,21). The van der Waals surface area contributed by atoms with Crippen LogP contribution in [0, 0.1) is 0 Å². The van der Waals surface area contributed by atoms with E-state index in [1.807, 2.05) is 31.1 Å². The first kappa shape index (κ1) is 17.4. The second-order valence-corrected chi connectivity index (χ2v) is 5.96. The molecule has 0 unspecified atom stereocenters. The predicted molar refractivity (Wildman–Crippen MR) is 85.2 cm³/mol. The highest BCUT2D eigenvalue weighted by molar-refractivity contribution is 5.80. The van der Waals surface area contributed by atoms with E-state index in [1.165, 1.54) is 0 Å². The Balaban J connectivity index is 2.64. The van der Waals surface area contributed by atoms with Gasteiger partial charge in [-0.25, -0.2) is 9.97 Å². The van der Waals surface area contributed by atoms with Crippen molar-refractivity contribution in [3.63, 3.8) is 0 Å². The number of hydrogen-bond donors (Lipinski definition) is 2. The first-order valence-electron chi connectivity index (χ1n) is 7.43. The van der Waals surface area contributed by atoms with Crippen molar-refractivity contribution in [2.45, 2.75) is 46.7 Å². The fourth-order valence-corrected chi connectivity index (χ4v) is 1.72. The summed E-state index contributed by atoms with van der Waals surface area (Å²) in [5.41, 5.74) is 1.09. The summed E-state index contributed by atoms with van der Waals surface area (Å²) in [4.78, 5) is 22.2. The molecule has 118 valence electrons. The van der Waals surface area contributed by atoms with Gasteiger partial charge in [-0.3, -0.25) is 4.79 Å². The van der Waals surface area contributed by atoms with Gasteiger partial charge >= 0.3 is 0 Å². The first-order valence-corrected chi connectivity index (χ1v) is 7.43. The number of aromatic nitrogens is 2. The van der Waals surface area contributed by atoms with E-state index in [-0.39, 0.29) is 18.0 Å². The molecule has 0 saturated heterocycles. The number of anilines is 1. The molecule has 0 saturated carbocycles. The lowest BCUT2D eigenvalue weighted by Crippen LogP contribution is -2.38. The largest absolute Gasteiger partial charge is 0.355 e. The molecule has 1 rings (SSSR count). The number of rotatable bonds is 7. The molecule has 0 bridgehead atoms. The average molecular weight is 293 g/mol. The summed E-state index contributed by atoms with van der Waals surface area (Å²) < 4.78 is 0. The SMILES string of the molecule is CCNC(=O)CN(CC)c1ncc(CNC(C)(C)C)cn1. The van der Waals surface area contributed by atoms with Crippen molar-refractivity contribution in [2.24, 2.45) is 0 Å². The van der Waals surface area contributed by atoms with E-state index in [4.69, 9.17) is 0 Å². The van der Waals surface area contributed by atoms with Gasteiger partial charge in [-0.2, -0.15) is 0 Å². The Morgan fingerprint density at radius 2 is 1.86 bits per heavy atom. The Hall–Kier alpha value is -1.69. The third-order valence-electron chi connectivity index (χ3n) is 2.89. The quantitative estimate of drug-likeness (QED) is 0.793. The molecule has 0 spiro atoms. The highest BCUT2D eigenvalue weighted by Crippen LogP contribution is 2.08. The highest BCUT2D eigenvalue weighted by atomic mass is 16.2. The molecule has 0 aliphatic heterocycles. The topological polar surface area (TPSA) is 70.2 Å². The molecule has 0 aromatic carbocycles. The molecule has 21 heavy (non-hydrogen) atoms. The Kier molecular flexibility index (Phi) is 6.55. The van der Waals surface area contributed by atoms with Crippen molar-refractivity contribution >= 4 is 11.9 Å². The first-order chi connectivity index (χ1) is 9.85. The van der Waals surface area contributed by atoms with Gasteiger partial charge in [0.05, 0.1) is 6.54 Å². The van der Waals surface area contributed by atoms with Crippen LogP contribution in [0.4, 0.5) is 5.95 Å². The Labute approximate surface area is 127 Å². The normalized spacial score (nSPS) is 11.3. The zero-order chi connectivity index (χ0) is 15.9. The third kappa shape index (κ3) is 6.53. The zero-order valence-corrected chi connectivity index (χ0v) is 13.7. The smallest absolute Gasteiger partial charge is 0.239 e. The summed E-state index contributed by atoms with van der Waals surface area (Å²) in [6.45, 7) is 12.6. The van der Waals surface area contributed by atoms with Crippen LogP contribution in [-0.2, 0) is 11.3 Å². The van der Waals surface area contributed by atoms with Crippen LogP contribution in [0.15, 0.2) is 12.4 Å². The van der Waals surface area contributed by atoms with Crippen molar-refractivity contribution in [3.05, 3.63) is 18.0 Å². The maximum Gasteiger partial charge on any atom is 0.239 e. The van der Waals surface area contributed by atoms with Crippen molar-refractivity contribution in [3.8, 4) is 0 Å². The van der Waals surface area contributed by atoms with E-state index in [0.717, 1.165) is 12.1 Å². The second kappa shape index (κ2) is 7.93. The monoisotopic (exact) mass is 293 g/mol. The maximum atomic E-state index is 11.6. The molecule has 1 amide bonds. The van der Waals surface area contributed by atoms with Gasteiger partial charge in [0.1, 0.15) is 0 Å². The predicted octanol–water partition coefficient (Wildman–Crippen LogP) is 1.33. The summed E-state index contributed by atoms with van der Waals surface area (Å²) in [5.74, 6) is 0.574. The van der Waals surface area contributed by atoms with Crippen LogP contribution >= 0.6 is 0 Å². The second-order valence-electron chi connectivity index (χ2n) is 5.96. The van der Waals surface area contributed by atoms with Crippen LogP contribution in [0.25, 0.3) is 0 Å². The van der Waals surface area contributed by atoms with Crippen LogP contribution < -0.4 is 15.5 Å². The Morgan fingerprint density at radius 3 is 2.33 bits per heavy atom. The fraction of sp³-hybridized carbons (Fsp3) is 0.667. The number of nitrogens with zero attached hydrogens (tertiary/aromatic N) is 3. The average Bonchev–Trinajstić information content (AvgIpc) is 2.43. The van der Waals surface area contributed by atoms with Crippen LogP contribution in [0.3, 0.4) is 0 Å². The highest BCUT2D eigenvalue weighted by Gasteiger charge is 2.12. The van der Waals surface area contributed by atoms with E-state index < -0.39 is 0 Å². The molecule has 0 atom stereocenters. The van der Waals surface area contributed by atoms with Crippen molar-refractivity contribution in [1.82, 2.24) is 20.6 Å². The summed E-state index contributed by atoms with van der Waals surface area (Å²) in [7, 11) is 0. The lowest BCUT2D eigenvalue weighted by Gasteiger charge is -2.21. The van der Waals surface area contributed by atoms with Gasteiger partial charge in [0, 0.05) is 43.1 Å². The summed E-state index contributed by atoms with van der Waals surface area (Å²) in [5, 5.41) is 6.17. The minimum atomic E-state index is -0.0126. The minimum Gasteiger partial charge on any atom is -0.355 e. The number of nitrogens with one attached hydrogen (secondary N) is 2. The van der Waals surface area contributed by atoms with Crippen LogP contribution in [-0.4, -0.2) is 41.0 Å². The number of carbonyl (C=O) groups excluding carboxylic acids is 1. The Bertz CT molecular complexity index is 438. The van der Waals surface area contributed by atoms with Crippen LogP contribution in [0.2, 0.25) is 0 Å². The van der Waals surface area contributed by atoms with E-state index >= 15 is 0 Å². The number of amides is 1. The number of carbonyl (C=O) groups is 1. The number of likely N-dealkylation sites (N-methyl/N-ethyl adjacent to an activating group) is 2. The molecule has 2 N–H and O–H groups in total. The summed E-state index contributed by atoms with van der Waals surface area (Å²) in [6.07, 6.45) is 3.61. The molecule has 1 aromatic rings. The van der Waals surface area contributed by atoms with Gasteiger partial charge in [-0.15, -0.1) is 0 Å². The van der Waals surface area contributed by atoms with Gasteiger partial charge in [-0.1, -0.05) is 0 Å². The Morgan fingerprint density at radius 1 is 1.24 bits per heavy atom. The molecular formula is C15H27N5O. The maximum absolute atomic E-state index is 11.6. The van der Waals surface area contributed by atoms with Gasteiger partial charge in [0.15, 0.2) is 0 Å². The van der Waals surface area contributed by atoms with Crippen molar-refractivity contribution in [1.29, 1.82) is 0 Å². The van der Waals surface area contributed by atoms with E-state index in [0.29, 0.717) is 19.0 Å². The molecule has 0 fully saturated rings. The van der Waals surface area contributed by atoms with Gasteiger partial charge in [0.2, 0.25) is 11.9 Å². The van der Waals surface area contributed by atoms with Crippen LogP contribution in [0.5, 0.6) is 0 Å². The molecule has 1 heterocycles. The fourth-order valence-electron chi connectivity index (χ4n) is 1.72. The third-order valence-corrected chi connectivity index (χ3v) is 2.89. The van der Waals surface area contributed by atoms with Crippen molar-refractivity contribution < 1.29 is 4.79 Å². The van der Waals surface area contributed by atoms with Gasteiger partial charge < -0.3 is 15.5 Å². The molecule has 6 heteroatoms. The molecule has 0 radical (unpaired) electrons. The van der Waals surface area contributed by atoms with Crippen LogP contribution in [0.1, 0.15) is 40.2 Å². The lowest BCUT2D eigenvalue weighted by molar-refractivity contribution is -0.119. The molecular weight excluding hydrogens is 266 g/mol. The zero-order valence-electron chi connectivity index (χ0n) is 13.7. The number of hydrogen-bond acceptors (Lipinski definition) is 5. The molecule has 1 aromatic heterocycles. The minimum absolute atomic E-state index is 0.0126. The summed E-state index contributed by atoms with van der Waals surface area (Å²) in [6, 6.07) is 0. The van der Waals surface area contributed by atoms with Gasteiger partial charge in [0.25, 0.3) is 0 Å². The lowest BCUT2D eigenvalue weighted by atomic mass is 10.1. The molecule has 0 aliphatic rings.